The van der Waals surface area contributed by atoms with Crippen LogP contribution < -0.4 is 5.73 Å². The summed E-state index contributed by atoms with van der Waals surface area (Å²) in [6.07, 6.45) is 11.7. The third-order valence-electron chi connectivity index (χ3n) is 1.67. The molecule has 24 heavy (non-hydrogen) atoms. The fourth-order valence-corrected chi connectivity index (χ4v) is 0.654. The van der Waals surface area contributed by atoms with Gasteiger partial charge in [0.05, 0.1) is 12.7 Å². The molecule has 0 aromatic carbocycles. The highest BCUT2D eigenvalue weighted by atomic mass is 16.5. The molecule has 5 nitrogen and oxygen atoms in total. The summed E-state index contributed by atoms with van der Waals surface area (Å²) in [5, 5.41) is 7.51. The van der Waals surface area contributed by atoms with Gasteiger partial charge in [0.2, 0.25) is 5.91 Å². The maximum atomic E-state index is 10.3. The SMILES string of the molecule is C=CC#N.C=CC(=O)OCCCC.C=CC=CC.C=CCC(N)=O. The minimum absolute atomic E-state index is 0.278. The van der Waals surface area contributed by atoms with E-state index in [1.54, 1.807) is 12.1 Å². The van der Waals surface area contributed by atoms with Crippen molar-refractivity contribution in [1.29, 1.82) is 5.26 Å². The molecule has 0 radical (unpaired) electrons. The van der Waals surface area contributed by atoms with Crippen molar-refractivity contribution in [2.24, 2.45) is 5.73 Å². The number of nitrogens with two attached hydrogens (primary N) is 1. The Kier molecular flexibility index (Phi) is 39.1. The summed E-state index contributed by atoms with van der Waals surface area (Å²) in [4.78, 5) is 20.1. The number of allylic oxidation sites excluding steroid dienone is 4. The standard InChI is InChI=1S/C7H12O2.C5H8.C4H7NO.C3H3N/c1-3-5-6-9-7(8)4-2;1-3-5-4-2;1-2-3-4(5)6;1-2-3-4/h4H,2-3,5-6H2,1H3;3-5H,1H2,2H3;2H,1,3H2,(H2,5,6);2H,1H2. The number of nitrogens with zero attached hydrogens (tertiary/aromatic N) is 1. The number of carbonyl (C=O) groups is 2. The number of ether oxygens (including phenoxy) is 1. The minimum atomic E-state index is -0.330. The molecule has 0 rings (SSSR count). The Labute approximate surface area is 146 Å². The number of carbonyl (C=O) groups excluding carboxylic acids is 2. The molecule has 0 unspecified atom stereocenters. The summed E-state index contributed by atoms with van der Waals surface area (Å²) in [5.74, 6) is -0.659. The van der Waals surface area contributed by atoms with Crippen molar-refractivity contribution >= 4 is 11.9 Å². The fraction of sp³-hybridized carbons (Fsp3) is 0.316. The summed E-state index contributed by atoms with van der Waals surface area (Å²) in [6.45, 7) is 17.7. The van der Waals surface area contributed by atoms with Crippen LogP contribution >= 0.6 is 0 Å². The molecule has 134 valence electrons. The zero-order valence-electron chi connectivity index (χ0n) is 14.9. The molecule has 0 aliphatic heterocycles. The molecule has 2 N–H and O–H groups in total. The second-order valence-electron chi connectivity index (χ2n) is 3.78. The van der Waals surface area contributed by atoms with Crippen LogP contribution in [0.3, 0.4) is 0 Å². The van der Waals surface area contributed by atoms with Crippen LogP contribution in [0.1, 0.15) is 33.1 Å². The van der Waals surface area contributed by atoms with Gasteiger partial charge in [-0.05, 0) is 13.3 Å². The van der Waals surface area contributed by atoms with Crippen molar-refractivity contribution in [1.82, 2.24) is 0 Å². The molecule has 0 saturated carbocycles. The molecule has 0 heterocycles. The van der Waals surface area contributed by atoms with Crippen LogP contribution in [0.5, 0.6) is 0 Å². The van der Waals surface area contributed by atoms with Gasteiger partial charge in [-0.3, -0.25) is 4.79 Å². The van der Waals surface area contributed by atoms with Gasteiger partial charge in [0.1, 0.15) is 0 Å². The Morgan fingerprint density at radius 1 is 1.25 bits per heavy atom. The van der Waals surface area contributed by atoms with Crippen molar-refractivity contribution in [2.75, 3.05) is 6.61 Å². The smallest absolute Gasteiger partial charge is 0.330 e. The minimum Gasteiger partial charge on any atom is -0.463 e. The Morgan fingerprint density at radius 3 is 1.96 bits per heavy atom. The predicted molar refractivity (Wildman–Crippen MR) is 101 cm³/mol. The average molecular weight is 334 g/mol. The molecular weight excluding hydrogens is 304 g/mol. The van der Waals surface area contributed by atoms with Gasteiger partial charge in [0.25, 0.3) is 0 Å². The summed E-state index contributed by atoms with van der Waals surface area (Å²) < 4.78 is 4.67. The maximum absolute atomic E-state index is 10.3. The largest absolute Gasteiger partial charge is 0.463 e. The number of esters is 1. The van der Waals surface area contributed by atoms with E-state index in [1.807, 2.05) is 26.0 Å². The van der Waals surface area contributed by atoms with E-state index in [2.05, 4.69) is 31.1 Å². The molecule has 0 aliphatic rings. The molecule has 0 bridgehead atoms. The van der Waals surface area contributed by atoms with Gasteiger partial charge < -0.3 is 10.5 Å². The molecule has 0 aromatic rings. The summed E-state index contributed by atoms with van der Waals surface area (Å²) in [7, 11) is 0. The lowest BCUT2D eigenvalue weighted by Gasteiger charge is -1.97. The number of nitriles is 1. The molecule has 0 aliphatic carbocycles. The maximum Gasteiger partial charge on any atom is 0.330 e. The lowest BCUT2D eigenvalue weighted by atomic mass is 10.4. The molecular formula is C19H30N2O3. The summed E-state index contributed by atoms with van der Waals surface area (Å²) in [6, 6.07) is 1.69. The number of rotatable bonds is 7. The van der Waals surface area contributed by atoms with Crippen molar-refractivity contribution in [3.8, 4) is 6.07 Å². The van der Waals surface area contributed by atoms with Crippen LogP contribution in [0.15, 0.2) is 62.8 Å². The first kappa shape index (κ1) is 29.2. The highest BCUT2D eigenvalue weighted by molar-refractivity contribution is 5.81. The Bertz CT molecular complexity index is 419. The highest BCUT2D eigenvalue weighted by Crippen LogP contribution is 1.88. The third-order valence-corrected chi connectivity index (χ3v) is 1.67. The van der Waals surface area contributed by atoms with Gasteiger partial charge in [0.15, 0.2) is 0 Å². The van der Waals surface area contributed by atoms with Gasteiger partial charge >= 0.3 is 5.97 Å². The number of unbranched alkanes of at least 4 members (excludes halogenated alkanes) is 1. The topological polar surface area (TPSA) is 93.2 Å². The van der Waals surface area contributed by atoms with Gasteiger partial charge in [-0.1, -0.05) is 57.4 Å². The molecule has 0 atom stereocenters. The van der Waals surface area contributed by atoms with E-state index >= 15 is 0 Å². The fourth-order valence-electron chi connectivity index (χ4n) is 0.654. The van der Waals surface area contributed by atoms with Gasteiger partial charge in [-0.2, -0.15) is 5.26 Å². The third kappa shape index (κ3) is 61.3. The van der Waals surface area contributed by atoms with E-state index in [9.17, 15) is 9.59 Å². The van der Waals surface area contributed by atoms with Crippen molar-refractivity contribution < 1.29 is 14.3 Å². The van der Waals surface area contributed by atoms with Crippen molar-refractivity contribution in [3.63, 3.8) is 0 Å². The van der Waals surface area contributed by atoms with Gasteiger partial charge in [0, 0.05) is 18.6 Å². The molecule has 0 spiro atoms. The van der Waals surface area contributed by atoms with Crippen LogP contribution in [-0.2, 0) is 14.3 Å². The van der Waals surface area contributed by atoms with E-state index in [4.69, 9.17) is 11.0 Å². The molecule has 0 aromatic heterocycles. The second kappa shape index (κ2) is 32.2. The van der Waals surface area contributed by atoms with E-state index in [-0.39, 0.29) is 18.3 Å². The number of amides is 1. The predicted octanol–water partition coefficient (Wildman–Crippen LogP) is 4.01. The van der Waals surface area contributed by atoms with Crippen LogP contribution in [0.25, 0.3) is 0 Å². The van der Waals surface area contributed by atoms with Crippen molar-refractivity contribution in [2.45, 2.75) is 33.1 Å². The summed E-state index contributed by atoms with van der Waals surface area (Å²) in [5.41, 5.74) is 4.69. The van der Waals surface area contributed by atoms with Crippen molar-refractivity contribution in [3.05, 3.63) is 62.8 Å². The Hall–Kier alpha value is -2.87. The second-order valence-corrected chi connectivity index (χ2v) is 3.78. The lowest BCUT2D eigenvalue weighted by molar-refractivity contribution is -0.137. The molecule has 5 heteroatoms. The average Bonchev–Trinajstić information content (AvgIpc) is 2.57. The number of primary amides is 1. The van der Waals surface area contributed by atoms with E-state index in [1.165, 1.54) is 18.2 Å². The monoisotopic (exact) mass is 334 g/mol. The quantitative estimate of drug-likeness (QED) is 0.190. The van der Waals surface area contributed by atoms with Crippen LogP contribution in [0.2, 0.25) is 0 Å². The van der Waals surface area contributed by atoms with E-state index in [0.717, 1.165) is 12.8 Å². The number of hydrogen-bond donors (Lipinski definition) is 1. The van der Waals surface area contributed by atoms with Crippen LogP contribution in [-0.4, -0.2) is 18.5 Å². The van der Waals surface area contributed by atoms with Gasteiger partial charge in [-0.15, -0.1) is 6.58 Å². The van der Waals surface area contributed by atoms with E-state index in [0.29, 0.717) is 6.61 Å². The van der Waals surface area contributed by atoms with Crippen LogP contribution in [0.4, 0.5) is 0 Å². The first-order valence-corrected chi connectivity index (χ1v) is 7.34. The first-order chi connectivity index (χ1) is 11.4. The Morgan fingerprint density at radius 2 is 1.79 bits per heavy atom. The van der Waals surface area contributed by atoms with E-state index < -0.39 is 0 Å². The first-order valence-electron chi connectivity index (χ1n) is 7.34. The number of hydrogen-bond acceptors (Lipinski definition) is 4. The zero-order chi connectivity index (χ0) is 19.6. The van der Waals surface area contributed by atoms with Gasteiger partial charge in [-0.25, -0.2) is 4.79 Å². The zero-order valence-corrected chi connectivity index (χ0v) is 14.9. The normalized spacial score (nSPS) is 7.54. The molecule has 1 amide bonds. The Balaban J connectivity index is -0.000000117. The highest BCUT2D eigenvalue weighted by Gasteiger charge is 1.91. The summed E-state index contributed by atoms with van der Waals surface area (Å²) >= 11 is 0. The lowest BCUT2D eigenvalue weighted by Crippen LogP contribution is -2.07. The molecule has 0 saturated heterocycles. The van der Waals surface area contributed by atoms with Crippen LogP contribution in [0, 0.1) is 11.3 Å². The molecule has 0 fully saturated rings.